The second-order valence-corrected chi connectivity index (χ2v) is 4.89. The molecule has 0 aromatic heterocycles. The zero-order valence-corrected chi connectivity index (χ0v) is 11.3. The first kappa shape index (κ1) is 12.9. The molecule has 2 aliphatic rings. The van der Waals surface area contributed by atoms with Crippen LogP contribution in [0.5, 0.6) is 0 Å². The number of hydrazone groups is 1. The van der Waals surface area contributed by atoms with Crippen LogP contribution in [-0.2, 0) is 11.2 Å². The fourth-order valence-corrected chi connectivity index (χ4v) is 2.57. The molecule has 0 radical (unpaired) electrons. The predicted octanol–water partition coefficient (Wildman–Crippen LogP) is 0.617. The SMILES string of the molecule is NC(=O)N1CCc2ccccc2C(N2CCOCC2)=N1. The van der Waals surface area contributed by atoms with Crippen molar-refractivity contribution in [2.24, 2.45) is 10.8 Å². The Morgan fingerprint density at radius 2 is 1.95 bits per heavy atom. The molecular weight excluding hydrogens is 256 g/mol. The number of amides is 2. The number of urea groups is 1. The lowest BCUT2D eigenvalue weighted by Crippen LogP contribution is -2.43. The summed E-state index contributed by atoms with van der Waals surface area (Å²) in [7, 11) is 0. The fraction of sp³-hybridized carbons (Fsp3) is 0.429. The van der Waals surface area contributed by atoms with Gasteiger partial charge < -0.3 is 15.4 Å². The van der Waals surface area contributed by atoms with E-state index in [1.165, 1.54) is 10.6 Å². The number of hydrogen-bond donors (Lipinski definition) is 1. The Morgan fingerprint density at radius 3 is 2.70 bits per heavy atom. The maximum absolute atomic E-state index is 11.5. The summed E-state index contributed by atoms with van der Waals surface area (Å²) in [4.78, 5) is 13.6. The number of rotatable bonds is 0. The van der Waals surface area contributed by atoms with Gasteiger partial charge >= 0.3 is 6.03 Å². The van der Waals surface area contributed by atoms with Crippen LogP contribution in [-0.4, -0.2) is 54.6 Å². The van der Waals surface area contributed by atoms with Gasteiger partial charge in [0, 0.05) is 18.7 Å². The molecule has 0 aliphatic carbocycles. The maximum atomic E-state index is 11.5. The largest absolute Gasteiger partial charge is 0.378 e. The summed E-state index contributed by atoms with van der Waals surface area (Å²) >= 11 is 0. The van der Waals surface area contributed by atoms with E-state index in [2.05, 4.69) is 16.1 Å². The number of benzene rings is 1. The van der Waals surface area contributed by atoms with E-state index in [4.69, 9.17) is 10.5 Å². The van der Waals surface area contributed by atoms with Crippen LogP contribution in [0.3, 0.4) is 0 Å². The summed E-state index contributed by atoms with van der Waals surface area (Å²) < 4.78 is 5.38. The van der Waals surface area contributed by atoms with E-state index in [1.807, 2.05) is 18.2 Å². The number of hydrogen-bond acceptors (Lipinski definition) is 4. The first-order chi connectivity index (χ1) is 9.75. The van der Waals surface area contributed by atoms with Crippen molar-refractivity contribution in [2.45, 2.75) is 6.42 Å². The number of nitrogens with zero attached hydrogens (tertiary/aromatic N) is 3. The highest BCUT2D eigenvalue weighted by Gasteiger charge is 2.24. The normalized spacial score (nSPS) is 19.1. The number of primary amides is 1. The fourth-order valence-electron chi connectivity index (χ4n) is 2.57. The van der Waals surface area contributed by atoms with Crippen LogP contribution in [0.25, 0.3) is 0 Å². The molecule has 2 N–H and O–H groups in total. The highest BCUT2D eigenvalue weighted by atomic mass is 16.5. The van der Waals surface area contributed by atoms with Crippen LogP contribution in [0.2, 0.25) is 0 Å². The quantitative estimate of drug-likeness (QED) is 0.753. The number of carbonyl (C=O) groups excluding carboxylic acids is 1. The minimum absolute atomic E-state index is 0.511. The number of fused-ring (bicyclic) bond motifs is 1. The minimum Gasteiger partial charge on any atom is -0.378 e. The molecule has 0 atom stereocenters. The standard InChI is InChI=1S/C14H18N4O2/c15-14(19)18-6-5-11-3-1-2-4-12(11)13(16-18)17-7-9-20-10-8-17/h1-4H,5-10H2,(H2,15,19). The van der Waals surface area contributed by atoms with E-state index in [0.29, 0.717) is 19.8 Å². The molecule has 2 heterocycles. The van der Waals surface area contributed by atoms with Crippen molar-refractivity contribution < 1.29 is 9.53 Å². The van der Waals surface area contributed by atoms with Gasteiger partial charge in [0.05, 0.1) is 19.8 Å². The van der Waals surface area contributed by atoms with Crippen molar-refractivity contribution in [3.8, 4) is 0 Å². The van der Waals surface area contributed by atoms with Crippen molar-refractivity contribution in [1.29, 1.82) is 0 Å². The van der Waals surface area contributed by atoms with Crippen LogP contribution >= 0.6 is 0 Å². The first-order valence-electron chi connectivity index (χ1n) is 6.82. The lowest BCUT2D eigenvalue weighted by Gasteiger charge is -2.30. The number of morpholine rings is 1. The van der Waals surface area contributed by atoms with Crippen molar-refractivity contribution >= 4 is 11.9 Å². The number of carbonyl (C=O) groups is 1. The summed E-state index contributed by atoms with van der Waals surface area (Å²) in [5.74, 6) is 0.820. The third kappa shape index (κ3) is 2.46. The summed E-state index contributed by atoms with van der Waals surface area (Å²) in [6.45, 7) is 3.43. The molecule has 3 rings (SSSR count). The van der Waals surface area contributed by atoms with Crippen LogP contribution in [0, 0.1) is 0 Å². The molecule has 1 aromatic carbocycles. The summed E-state index contributed by atoms with van der Waals surface area (Å²) in [5, 5.41) is 5.84. The molecule has 2 aliphatic heterocycles. The Hall–Kier alpha value is -2.08. The van der Waals surface area contributed by atoms with Crippen molar-refractivity contribution in [3.05, 3.63) is 35.4 Å². The molecule has 1 aromatic rings. The lowest BCUT2D eigenvalue weighted by molar-refractivity contribution is 0.0676. The van der Waals surface area contributed by atoms with Crippen LogP contribution in [0.4, 0.5) is 4.79 Å². The summed E-state index contributed by atoms with van der Waals surface area (Å²) in [6, 6.07) is 7.62. The Balaban J connectivity index is 2.01. The van der Waals surface area contributed by atoms with Gasteiger partial charge in [-0.1, -0.05) is 24.3 Å². The number of nitrogens with two attached hydrogens (primary N) is 1. The van der Waals surface area contributed by atoms with Gasteiger partial charge in [0.1, 0.15) is 0 Å². The highest BCUT2D eigenvalue weighted by Crippen LogP contribution is 2.19. The molecular formula is C14H18N4O2. The first-order valence-corrected chi connectivity index (χ1v) is 6.82. The van der Waals surface area contributed by atoms with E-state index in [1.54, 1.807) is 0 Å². The zero-order chi connectivity index (χ0) is 13.9. The average molecular weight is 274 g/mol. The van der Waals surface area contributed by atoms with Crippen molar-refractivity contribution in [2.75, 3.05) is 32.8 Å². The van der Waals surface area contributed by atoms with E-state index >= 15 is 0 Å². The zero-order valence-electron chi connectivity index (χ0n) is 11.3. The Kier molecular flexibility index (Phi) is 3.56. The summed E-state index contributed by atoms with van der Waals surface area (Å²) in [5.41, 5.74) is 7.68. The lowest BCUT2D eigenvalue weighted by atomic mass is 10.0. The Morgan fingerprint density at radius 1 is 1.20 bits per heavy atom. The second kappa shape index (κ2) is 5.50. The van der Waals surface area contributed by atoms with Gasteiger partial charge in [-0.25, -0.2) is 9.80 Å². The molecule has 1 fully saturated rings. The van der Waals surface area contributed by atoms with E-state index in [-0.39, 0.29) is 0 Å². The van der Waals surface area contributed by atoms with Gasteiger partial charge in [-0.3, -0.25) is 0 Å². The van der Waals surface area contributed by atoms with Crippen LogP contribution in [0.15, 0.2) is 29.4 Å². The third-order valence-electron chi connectivity index (χ3n) is 3.63. The van der Waals surface area contributed by atoms with E-state index in [0.717, 1.165) is 30.9 Å². The minimum atomic E-state index is -0.511. The van der Waals surface area contributed by atoms with Crippen LogP contribution in [0.1, 0.15) is 11.1 Å². The van der Waals surface area contributed by atoms with Gasteiger partial charge in [-0.05, 0) is 12.0 Å². The molecule has 0 spiro atoms. The van der Waals surface area contributed by atoms with Gasteiger partial charge in [0.15, 0.2) is 5.84 Å². The van der Waals surface area contributed by atoms with Crippen molar-refractivity contribution in [1.82, 2.24) is 9.91 Å². The molecule has 2 amide bonds. The van der Waals surface area contributed by atoms with Gasteiger partial charge in [-0.2, -0.15) is 5.10 Å². The Labute approximate surface area is 117 Å². The number of amidine groups is 1. The van der Waals surface area contributed by atoms with E-state index in [9.17, 15) is 4.79 Å². The summed E-state index contributed by atoms with van der Waals surface area (Å²) in [6.07, 6.45) is 0.760. The second-order valence-electron chi connectivity index (χ2n) is 4.89. The molecule has 6 heteroatoms. The molecule has 0 unspecified atom stereocenters. The van der Waals surface area contributed by atoms with Gasteiger partial charge in [-0.15, -0.1) is 0 Å². The maximum Gasteiger partial charge on any atom is 0.335 e. The predicted molar refractivity (Wildman–Crippen MR) is 75.4 cm³/mol. The third-order valence-corrected chi connectivity index (χ3v) is 3.63. The Bertz CT molecular complexity index is 538. The topological polar surface area (TPSA) is 71.2 Å². The van der Waals surface area contributed by atoms with Crippen LogP contribution < -0.4 is 5.73 Å². The highest BCUT2D eigenvalue weighted by molar-refractivity contribution is 6.01. The molecule has 1 saturated heterocycles. The molecule has 0 bridgehead atoms. The van der Waals surface area contributed by atoms with Crippen molar-refractivity contribution in [3.63, 3.8) is 0 Å². The van der Waals surface area contributed by atoms with Gasteiger partial charge in [0.2, 0.25) is 0 Å². The monoisotopic (exact) mass is 274 g/mol. The molecule has 20 heavy (non-hydrogen) atoms. The average Bonchev–Trinajstić information content (AvgIpc) is 2.68. The van der Waals surface area contributed by atoms with Gasteiger partial charge in [0.25, 0.3) is 0 Å². The smallest absolute Gasteiger partial charge is 0.335 e. The molecule has 6 nitrogen and oxygen atoms in total. The molecule has 0 saturated carbocycles. The van der Waals surface area contributed by atoms with E-state index < -0.39 is 6.03 Å². The number of ether oxygens (including phenoxy) is 1. The molecule has 106 valence electrons.